The first-order valence-electron chi connectivity index (χ1n) is 9.37. The third-order valence-electron chi connectivity index (χ3n) is 5.53. The van der Waals surface area contributed by atoms with Crippen LogP contribution in [0.5, 0.6) is 0 Å². The van der Waals surface area contributed by atoms with Crippen LogP contribution in [0.4, 0.5) is 0 Å². The largest absolute Gasteiger partial charge is 0.336 e. The van der Waals surface area contributed by atoms with Crippen LogP contribution in [0.15, 0.2) is 30.3 Å². The first kappa shape index (κ1) is 17.2. The third-order valence-corrected chi connectivity index (χ3v) is 5.53. The fourth-order valence-electron chi connectivity index (χ4n) is 4.14. The van der Waals surface area contributed by atoms with Gasteiger partial charge in [0.15, 0.2) is 0 Å². The van der Waals surface area contributed by atoms with Crippen molar-refractivity contribution in [1.82, 2.24) is 24.5 Å². The van der Waals surface area contributed by atoms with Crippen molar-refractivity contribution in [2.24, 2.45) is 0 Å². The Bertz CT molecular complexity index is 814. The van der Waals surface area contributed by atoms with E-state index in [2.05, 4.69) is 21.9 Å². The van der Waals surface area contributed by atoms with Crippen LogP contribution >= 0.6 is 0 Å². The molecule has 138 valence electrons. The average molecular weight is 353 g/mol. The molecule has 0 saturated carbocycles. The van der Waals surface area contributed by atoms with Gasteiger partial charge in [0, 0.05) is 56.6 Å². The van der Waals surface area contributed by atoms with E-state index in [9.17, 15) is 4.79 Å². The zero-order valence-corrected chi connectivity index (χ0v) is 15.9. The summed E-state index contributed by atoms with van der Waals surface area (Å²) in [5.74, 6) is 0.126. The number of piperazine rings is 2. The molecule has 2 aliphatic heterocycles. The van der Waals surface area contributed by atoms with Gasteiger partial charge >= 0.3 is 0 Å². The van der Waals surface area contributed by atoms with E-state index in [1.54, 1.807) is 0 Å². The normalized spacial score (nSPS) is 21.7. The highest BCUT2D eigenvalue weighted by Crippen LogP contribution is 2.19. The van der Waals surface area contributed by atoms with Crippen LogP contribution in [0.3, 0.4) is 0 Å². The Morgan fingerprint density at radius 3 is 2.65 bits per heavy atom. The summed E-state index contributed by atoms with van der Waals surface area (Å²) >= 11 is 0. The minimum absolute atomic E-state index is 0.126. The Morgan fingerprint density at radius 2 is 1.88 bits per heavy atom. The maximum Gasteiger partial charge on any atom is 0.254 e. The van der Waals surface area contributed by atoms with Gasteiger partial charge in [-0.1, -0.05) is 6.07 Å². The minimum atomic E-state index is 0.126. The second kappa shape index (κ2) is 6.85. The Kier molecular flexibility index (Phi) is 4.54. The van der Waals surface area contributed by atoms with Crippen LogP contribution < -0.4 is 0 Å². The topological polar surface area (TPSA) is 44.6 Å². The molecule has 0 spiro atoms. The fourth-order valence-corrected chi connectivity index (χ4v) is 4.14. The van der Waals surface area contributed by atoms with Gasteiger partial charge < -0.3 is 9.80 Å². The van der Waals surface area contributed by atoms with Gasteiger partial charge in [-0.25, -0.2) is 4.68 Å². The molecule has 6 nitrogen and oxygen atoms in total. The maximum absolute atomic E-state index is 13.1. The summed E-state index contributed by atoms with van der Waals surface area (Å²) in [6, 6.07) is 10.3. The number of nitrogens with zero attached hydrogens (tertiary/aromatic N) is 5. The summed E-state index contributed by atoms with van der Waals surface area (Å²) in [6.07, 6.45) is 0. The predicted octanol–water partition coefficient (Wildman–Crippen LogP) is 1.56. The van der Waals surface area contributed by atoms with E-state index in [1.807, 2.05) is 53.8 Å². The predicted molar refractivity (Wildman–Crippen MR) is 102 cm³/mol. The van der Waals surface area contributed by atoms with E-state index in [-0.39, 0.29) is 5.91 Å². The van der Waals surface area contributed by atoms with Crippen molar-refractivity contribution >= 4 is 5.91 Å². The Labute approximate surface area is 155 Å². The SMILES string of the molecule is Cc1cc(C)n(-c2cccc(C(=O)N3CCN4CCN(C)CC4C3)c2)n1. The van der Waals surface area contributed by atoms with Crippen molar-refractivity contribution in [3.8, 4) is 5.69 Å². The van der Waals surface area contributed by atoms with Crippen molar-refractivity contribution in [2.75, 3.05) is 46.3 Å². The lowest BCUT2D eigenvalue weighted by molar-refractivity contribution is 0.0190. The van der Waals surface area contributed by atoms with Gasteiger partial charge in [-0.3, -0.25) is 9.69 Å². The summed E-state index contributed by atoms with van der Waals surface area (Å²) < 4.78 is 1.90. The molecule has 0 bridgehead atoms. The molecule has 2 aliphatic rings. The average Bonchev–Trinajstić information content (AvgIpc) is 2.98. The molecule has 1 aromatic heterocycles. The maximum atomic E-state index is 13.1. The summed E-state index contributed by atoms with van der Waals surface area (Å²) in [5.41, 5.74) is 3.74. The number of carbonyl (C=O) groups excluding carboxylic acids is 1. The van der Waals surface area contributed by atoms with Gasteiger partial charge in [0.1, 0.15) is 0 Å². The standard InChI is InChI=1S/C20H27N5O/c1-15-11-16(2)25(21-15)18-6-4-5-17(12-18)20(26)24-10-9-23-8-7-22(3)13-19(23)14-24/h4-6,11-12,19H,7-10,13-14H2,1-3H3. The molecule has 3 heterocycles. The van der Waals surface area contributed by atoms with E-state index in [0.717, 1.165) is 61.9 Å². The lowest BCUT2D eigenvalue weighted by Gasteiger charge is -2.46. The zero-order valence-electron chi connectivity index (χ0n) is 15.9. The highest BCUT2D eigenvalue weighted by molar-refractivity contribution is 5.94. The molecule has 26 heavy (non-hydrogen) atoms. The Balaban J connectivity index is 1.53. The molecule has 2 fully saturated rings. The van der Waals surface area contributed by atoms with Gasteiger partial charge in [0.2, 0.25) is 0 Å². The summed E-state index contributed by atoms with van der Waals surface area (Å²) in [7, 11) is 2.16. The van der Waals surface area contributed by atoms with Crippen LogP contribution in [0.1, 0.15) is 21.7 Å². The van der Waals surface area contributed by atoms with Crippen LogP contribution in [-0.4, -0.2) is 82.7 Å². The number of amides is 1. The van der Waals surface area contributed by atoms with Crippen molar-refractivity contribution in [3.63, 3.8) is 0 Å². The number of rotatable bonds is 2. The number of likely N-dealkylation sites (N-methyl/N-ethyl adjacent to an activating group) is 1. The van der Waals surface area contributed by atoms with Gasteiger partial charge in [0.05, 0.1) is 11.4 Å². The summed E-state index contributed by atoms with van der Waals surface area (Å²) in [6.45, 7) is 9.88. The quantitative estimate of drug-likeness (QED) is 0.822. The van der Waals surface area contributed by atoms with Crippen LogP contribution in [0.25, 0.3) is 5.69 Å². The van der Waals surface area contributed by atoms with Gasteiger partial charge in [-0.15, -0.1) is 0 Å². The van der Waals surface area contributed by atoms with Crippen molar-refractivity contribution < 1.29 is 4.79 Å². The van der Waals surface area contributed by atoms with E-state index in [4.69, 9.17) is 0 Å². The van der Waals surface area contributed by atoms with Gasteiger partial charge in [0.25, 0.3) is 5.91 Å². The molecule has 2 saturated heterocycles. The highest BCUT2D eigenvalue weighted by atomic mass is 16.2. The van der Waals surface area contributed by atoms with Crippen LogP contribution in [0.2, 0.25) is 0 Å². The second-order valence-electron chi connectivity index (χ2n) is 7.59. The second-order valence-corrected chi connectivity index (χ2v) is 7.59. The first-order valence-corrected chi connectivity index (χ1v) is 9.37. The number of hydrogen-bond acceptors (Lipinski definition) is 4. The molecular formula is C20H27N5O. The molecule has 0 N–H and O–H groups in total. The van der Waals surface area contributed by atoms with Crippen LogP contribution in [0, 0.1) is 13.8 Å². The molecule has 2 aromatic rings. The van der Waals surface area contributed by atoms with E-state index in [1.165, 1.54) is 0 Å². The zero-order chi connectivity index (χ0) is 18.3. The first-order chi connectivity index (χ1) is 12.5. The number of hydrogen-bond donors (Lipinski definition) is 0. The molecule has 6 heteroatoms. The van der Waals surface area contributed by atoms with Crippen LogP contribution in [-0.2, 0) is 0 Å². The lowest BCUT2D eigenvalue weighted by atomic mass is 10.1. The minimum Gasteiger partial charge on any atom is -0.336 e. The van der Waals surface area contributed by atoms with Crippen molar-refractivity contribution in [2.45, 2.75) is 19.9 Å². The number of fused-ring (bicyclic) bond motifs is 1. The van der Waals surface area contributed by atoms with E-state index < -0.39 is 0 Å². The number of aromatic nitrogens is 2. The smallest absolute Gasteiger partial charge is 0.254 e. The monoisotopic (exact) mass is 353 g/mol. The van der Waals surface area contributed by atoms with E-state index >= 15 is 0 Å². The van der Waals surface area contributed by atoms with E-state index in [0.29, 0.717) is 6.04 Å². The van der Waals surface area contributed by atoms with Crippen molar-refractivity contribution in [1.29, 1.82) is 0 Å². The molecule has 0 radical (unpaired) electrons. The van der Waals surface area contributed by atoms with Gasteiger partial charge in [-0.05, 0) is 45.2 Å². The fraction of sp³-hybridized carbons (Fsp3) is 0.500. The molecule has 1 unspecified atom stereocenters. The van der Waals surface area contributed by atoms with Crippen molar-refractivity contribution in [3.05, 3.63) is 47.3 Å². The Morgan fingerprint density at radius 1 is 1.08 bits per heavy atom. The number of aryl methyl sites for hydroxylation is 2. The summed E-state index contributed by atoms with van der Waals surface area (Å²) in [5, 5.41) is 4.54. The molecule has 4 rings (SSSR count). The molecular weight excluding hydrogens is 326 g/mol. The number of benzene rings is 1. The molecule has 1 amide bonds. The third kappa shape index (κ3) is 3.27. The number of carbonyl (C=O) groups is 1. The highest BCUT2D eigenvalue weighted by Gasteiger charge is 2.33. The molecule has 1 atom stereocenters. The molecule has 1 aromatic carbocycles. The Hall–Kier alpha value is -2.18. The summed E-state index contributed by atoms with van der Waals surface area (Å²) in [4.78, 5) is 20.0. The molecule has 0 aliphatic carbocycles. The lowest BCUT2D eigenvalue weighted by Crippen LogP contribution is -2.62. The van der Waals surface area contributed by atoms with Gasteiger partial charge in [-0.2, -0.15) is 5.10 Å².